The summed E-state index contributed by atoms with van der Waals surface area (Å²) in [6.07, 6.45) is 0.572. The van der Waals surface area contributed by atoms with E-state index in [0.717, 1.165) is 28.0 Å². The molecule has 1 atom stereocenters. The molecule has 148 valence electrons. The van der Waals surface area contributed by atoms with Crippen molar-refractivity contribution in [1.82, 2.24) is 4.98 Å². The molecule has 0 bridgehead atoms. The van der Waals surface area contributed by atoms with Gasteiger partial charge in [0.2, 0.25) is 0 Å². The maximum Gasteiger partial charge on any atom is 0.380 e. The molecule has 1 aromatic carbocycles. The number of hydrogen-bond donors (Lipinski definition) is 3. The summed E-state index contributed by atoms with van der Waals surface area (Å²) in [6, 6.07) is 10.8. The molecule has 1 unspecified atom stereocenters. The molecule has 0 aliphatic rings. The van der Waals surface area contributed by atoms with Crippen LogP contribution in [-0.2, 0) is 9.53 Å². The molecule has 3 rings (SSSR count). The number of ether oxygens (including phenoxy) is 3. The lowest BCUT2D eigenvalue weighted by atomic mass is 10.2. The van der Waals surface area contributed by atoms with Crippen molar-refractivity contribution in [3.63, 3.8) is 0 Å². The summed E-state index contributed by atoms with van der Waals surface area (Å²) in [5.74, 6) is -1.20. The molecule has 2 heterocycles. The third kappa shape index (κ3) is 4.89. The summed E-state index contributed by atoms with van der Waals surface area (Å²) in [6.45, 7) is -0.426. The number of thiophene rings is 1. The number of benzene rings is 1. The van der Waals surface area contributed by atoms with Crippen LogP contribution in [0.25, 0.3) is 10.9 Å². The lowest BCUT2D eigenvalue weighted by molar-refractivity contribution is -0.141. The summed E-state index contributed by atoms with van der Waals surface area (Å²) in [5, 5.41) is 19.3. The van der Waals surface area contributed by atoms with E-state index in [-0.39, 0.29) is 11.5 Å². The van der Waals surface area contributed by atoms with E-state index in [0.29, 0.717) is 11.7 Å². The minimum atomic E-state index is -1.21. The Labute approximate surface area is 164 Å². The number of para-hydroxylation sites is 1. The Morgan fingerprint density at radius 2 is 1.89 bits per heavy atom. The van der Waals surface area contributed by atoms with E-state index in [9.17, 15) is 9.59 Å². The van der Waals surface area contributed by atoms with E-state index in [1.165, 1.54) is 6.07 Å². The van der Waals surface area contributed by atoms with Crippen LogP contribution in [0.2, 0.25) is 0 Å². The molecule has 0 aliphatic carbocycles. The molecule has 2 aromatic heterocycles. The van der Waals surface area contributed by atoms with Gasteiger partial charge in [0.25, 0.3) is 5.78 Å². The zero-order valence-electron chi connectivity index (χ0n) is 14.8. The fourth-order valence-corrected chi connectivity index (χ4v) is 3.18. The number of aliphatic hydroxyl groups is 2. The first kappa shape index (κ1) is 19.9. The number of nitrogens with one attached hydrogen (secondary N) is 1. The molecule has 9 heteroatoms. The fraction of sp³-hybridized carbons (Fsp3) is 0.263. The van der Waals surface area contributed by atoms with Crippen LogP contribution in [0.3, 0.4) is 0 Å². The quantitative estimate of drug-likeness (QED) is 0.204. The first-order valence-corrected chi connectivity index (χ1v) is 9.32. The van der Waals surface area contributed by atoms with Crippen LogP contribution < -0.4 is 9.47 Å². The number of aliphatic hydroxyl groups excluding tert-OH is 2. The summed E-state index contributed by atoms with van der Waals surface area (Å²) in [4.78, 5) is 26.9. The monoisotopic (exact) mass is 405 g/mol. The zero-order valence-corrected chi connectivity index (χ0v) is 15.6. The van der Waals surface area contributed by atoms with Crippen molar-refractivity contribution in [1.29, 1.82) is 0 Å². The normalized spacial score (nSPS) is 11.9. The number of hydrogen-bond acceptors (Lipinski definition) is 8. The van der Waals surface area contributed by atoms with Gasteiger partial charge in [0.05, 0.1) is 11.5 Å². The number of rotatable bonds is 10. The average Bonchev–Trinajstić information content (AvgIpc) is 3.35. The van der Waals surface area contributed by atoms with E-state index in [1.54, 1.807) is 12.3 Å². The largest absolute Gasteiger partial charge is 0.488 e. The highest BCUT2D eigenvalue weighted by Crippen LogP contribution is 2.26. The lowest BCUT2D eigenvalue weighted by Gasteiger charge is -2.07. The molecule has 0 fully saturated rings. The topological polar surface area (TPSA) is 118 Å². The molecular weight excluding hydrogens is 386 g/mol. The van der Waals surface area contributed by atoms with Crippen LogP contribution in [0, 0.1) is 0 Å². The number of aromatic amines is 1. The summed E-state index contributed by atoms with van der Waals surface area (Å²) >= 11 is 1.01. The second kappa shape index (κ2) is 9.36. The third-order valence-corrected chi connectivity index (χ3v) is 4.74. The predicted octanol–water partition coefficient (Wildman–Crippen LogP) is 1.77. The van der Waals surface area contributed by atoms with Gasteiger partial charge in [0, 0.05) is 17.1 Å². The molecule has 28 heavy (non-hydrogen) atoms. The summed E-state index contributed by atoms with van der Waals surface area (Å²) in [7, 11) is 0. The minimum absolute atomic E-state index is 0.163. The number of Topliss-reactive ketones (excluding diaryl/α,β-unsaturated/α-hetero) is 1. The van der Waals surface area contributed by atoms with Crippen LogP contribution >= 0.6 is 11.3 Å². The van der Waals surface area contributed by atoms with E-state index >= 15 is 0 Å². The van der Waals surface area contributed by atoms with Crippen molar-refractivity contribution in [2.75, 3.05) is 26.4 Å². The van der Waals surface area contributed by atoms with Crippen molar-refractivity contribution in [2.24, 2.45) is 0 Å². The molecule has 3 aromatic rings. The zero-order chi connectivity index (χ0) is 19.9. The first-order valence-electron chi connectivity index (χ1n) is 8.50. The SMILES string of the molecule is O=C(OCC(O)CO)C(=O)c1ccc(OCCOc2c[nH]c3ccccc23)s1. The number of carbonyl (C=O) groups excluding carboxylic acids is 2. The highest BCUT2D eigenvalue weighted by atomic mass is 32.1. The third-order valence-electron chi connectivity index (χ3n) is 3.74. The molecule has 0 spiro atoms. The second-order valence-electron chi connectivity index (χ2n) is 5.78. The van der Waals surface area contributed by atoms with Crippen molar-refractivity contribution >= 4 is 34.0 Å². The maximum atomic E-state index is 12.0. The van der Waals surface area contributed by atoms with Gasteiger partial charge < -0.3 is 29.4 Å². The number of H-pyrrole nitrogens is 1. The Morgan fingerprint density at radius 1 is 1.11 bits per heavy atom. The number of aromatic nitrogens is 1. The van der Waals surface area contributed by atoms with E-state index in [2.05, 4.69) is 9.72 Å². The predicted molar refractivity (Wildman–Crippen MR) is 102 cm³/mol. The van der Waals surface area contributed by atoms with Gasteiger partial charge in [-0.2, -0.15) is 0 Å². The van der Waals surface area contributed by atoms with E-state index < -0.39 is 31.1 Å². The molecule has 0 saturated carbocycles. The van der Waals surface area contributed by atoms with Gasteiger partial charge in [-0.25, -0.2) is 4.79 Å². The highest BCUT2D eigenvalue weighted by Gasteiger charge is 2.21. The van der Waals surface area contributed by atoms with Gasteiger partial charge in [-0.05, 0) is 24.3 Å². The molecule has 3 N–H and O–H groups in total. The Kier molecular flexibility index (Phi) is 6.64. The van der Waals surface area contributed by atoms with Gasteiger partial charge >= 0.3 is 5.97 Å². The minimum Gasteiger partial charge on any atom is -0.488 e. The van der Waals surface area contributed by atoms with Crippen molar-refractivity contribution in [3.05, 3.63) is 47.5 Å². The Balaban J connectivity index is 1.45. The van der Waals surface area contributed by atoms with Gasteiger partial charge in [-0.15, -0.1) is 0 Å². The summed E-state index contributed by atoms with van der Waals surface area (Å²) < 4.78 is 15.9. The van der Waals surface area contributed by atoms with Crippen LogP contribution in [0.15, 0.2) is 42.6 Å². The van der Waals surface area contributed by atoms with Crippen molar-refractivity contribution in [2.45, 2.75) is 6.10 Å². The van der Waals surface area contributed by atoms with E-state index in [1.807, 2.05) is 24.3 Å². The van der Waals surface area contributed by atoms with Crippen LogP contribution in [0.5, 0.6) is 10.8 Å². The van der Waals surface area contributed by atoms with Gasteiger partial charge in [-0.1, -0.05) is 23.5 Å². The smallest absolute Gasteiger partial charge is 0.380 e. The molecule has 0 aliphatic heterocycles. The van der Waals surface area contributed by atoms with Crippen molar-refractivity contribution < 1.29 is 34.0 Å². The lowest BCUT2D eigenvalue weighted by Crippen LogP contribution is -2.25. The Bertz CT molecular complexity index is 949. The van der Waals surface area contributed by atoms with Gasteiger partial charge in [-0.3, -0.25) is 4.79 Å². The first-order chi connectivity index (χ1) is 13.6. The maximum absolute atomic E-state index is 12.0. The number of carbonyl (C=O) groups is 2. The van der Waals surface area contributed by atoms with Crippen LogP contribution in [0.4, 0.5) is 0 Å². The fourth-order valence-electron chi connectivity index (χ4n) is 2.37. The van der Waals surface area contributed by atoms with E-state index in [4.69, 9.17) is 19.7 Å². The number of esters is 1. The number of ketones is 1. The Hall–Kier alpha value is -2.88. The molecule has 0 amide bonds. The Morgan fingerprint density at radius 3 is 2.71 bits per heavy atom. The molecule has 0 saturated heterocycles. The number of fused-ring (bicyclic) bond motifs is 1. The molecular formula is C19H19NO7S. The standard InChI is InChI=1S/C19H19NO7S/c21-10-12(22)11-27-19(24)18(23)16-5-6-17(28-16)26-8-7-25-15-9-20-14-4-2-1-3-13(14)15/h1-6,9,12,20-22H,7-8,10-11H2. The van der Waals surface area contributed by atoms with Gasteiger partial charge in [0.15, 0.2) is 5.06 Å². The second-order valence-corrected chi connectivity index (χ2v) is 6.82. The summed E-state index contributed by atoms with van der Waals surface area (Å²) in [5.41, 5.74) is 0.984. The van der Waals surface area contributed by atoms with Crippen LogP contribution in [-0.4, -0.2) is 59.5 Å². The molecule has 0 radical (unpaired) electrons. The van der Waals surface area contributed by atoms with Crippen LogP contribution in [0.1, 0.15) is 9.67 Å². The van der Waals surface area contributed by atoms with Gasteiger partial charge in [0.1, 0.15) is 31.7 Å². The average molecular weight is 405 g/mol. The van der Waals surface area contributed by atoms with Crippen molar-refractivity contribution in [3.8, 4) is 10.8 Å². The molecule has 8 nitrogen and oxygen atoms in total. The highest BCUT2D eigenvalue weighted by molar-refractivity contribution is 7.16.